The quantitative estimate of drug-likeness (QED) is 0.638. The van der Waals surface area contributed by atoms with Gasteiger partial charge in [0.25, 0.3) is 0 Å². The maximum absolute atomic E-state index is 13.6. The van der Waals surface area contributed by atoms with Crippen LogP contribution in [0.25, 0.3) is 0 Å². The van der Waals surface area contributed by atoms with Crippen LogP contribution in [0.15, 0.2) is 42.5 Å². The molecular weight excluding hydrogens is 287 g/mol. The van der Waals surface area contributed by atoms with Gasteiger partial charge in [-0.25, -0.2) is 0 Å². The predicted molar refractivity (Wildman–Crippen MR) is 82.7 cm³/mol. The number of hydrogen-bond acceptors (Lipinski definition) is 4. The van der Waals surface area contributed by atoms with Crippen molar-refractivity contribution in [1.29, 1.82) is 0 Å². The van der Waals surface area contributed by atoms with Crippen molar-refractivity contribution in [1.82, 2.24) is 0 Å². The van der Waals surface area contributed by atoms with Crippen molar-refractivity contribution in [3.8, 4) is 5.75 Å². The van der Waals surface area contributed by atoms with E-state index >= 15 is 0 Å². The topological polar surface area (TPSA) is 64.4 Å². The molecule has 0 aliphatic rings. The van der Waals surface area contributed by atoms with Crippen molar-refractivity contribution in [3.63, 3.8) is 0 Å². The third kappa shape index (κ3) is 3.52. The summed E-state index contributed by atoms with van der Waals surface area (Å²) in [7, 11) is 0. The lowest BCUT2D eigenvalue weighted by molar-refractivity contribution is -0.386. The number of nitrogens with one attached hydrogen (secondary N) is 1. The van der Waals surface area contributed by atoms with Crippen LogP contribution in [0.5, 0.6) is 5.75 Å². The van der Waals surface area contributed by atoms with Gasteiger partial charge in [-0.15, -0.1) is 0 Å². The zero-order valence-corrected chi connectivity index (χ0v) is 12.4. The van der Waals surface area contributed by atoms with E-state index in [1.165, 1.54) is 12.1 Å². The summed E-state index contributed by atoms with van der Waals surface area (Å²) in [5.74, 6) is -0.132. The van der Waals surface area contributed by atoms with E-state index < -0.39 is 16.4 Å². The minimum Gasteiger partial charge on any atom is -0.494 e. The molecule has 0 heterocycles. The summed E-state index contributed by atoms with van der Waals surface area (Å²) in [6.45, 7) is 4.30. The molecule has 2 rings (SSSR count). The van der Waals surface area contributed by atoms with Gasteiger partial charge in [-0.1, -0.05) is 18.2 Å². The Hall–Kier alpha value is -2.63. The minimum absolute atomic E-state index is 0.152. The van der Waals surface area contributed by atoms with Gasteiger partial charge in [0.2, 0.25) is 5.82 Å². The Bertz CT molecular complexity index is 676. The zero-order valence-electron chi connectivity index (χ0n) is 12.4. The van der Waals surface area contributed by atoms with Gasteiger partial charge in [-0.05, 0) is 43.7 Å². The molecule has 0 saturated carbocycles. The van der Waals surface area contributed by atoms with Crippen molar-refractivity contribution < 1.29 is 14.1 Å². The maximum atomic E-state index is 13.6. The molecule has 2 aromatic rings. The summed E-state index contributed by atoms with van der Waals surface area (Å²) in [5.41, 5.74) is 0.499. The van der Waals surface area contributed by atoms with Crippen LogP contribution in [-0.2, 0) is 0 Å². The summed E-state index contributed by atoms with van der Waals surface area (Å²) in [6.07, 6.45) is 0. The summed E-state index contributed by atoms with van der Waals surface area (Å²) in [4.78, 5) is 10.3. The lowest BCUT2D eigenvalue weighted by Crippen LogP contribution is -2.09. The number of hydrogen-bond donors (Lipinski definition) is 1. The number of benzene rings is 2. The number of para-hydroxylation sites is 1. The Balaban J connectivity index is 2.26. The molecule has 0 aliphatic carbocycles. The molecule has 0 spiro atoms. The highest BCUT2D eigenvalue weighted by Gasteiger charge is 2.21. The molecular formula is C16H17FN2O3. The van der Waals surface area contributed by atoms with Crippen LogP contribution in [0, 0.1) is 15.9 Å². The minimum atomic E-state index is -0.856. The summed E-state index contributed by atoms with van der Waals surface area (Å²) < 4.78 is 19.0. The lowest BCUT2D eigenvalue weighted by atomic mass is 10.1. The Morgan fingerprint density at radius 1 is 1.32 bits per heavy atom. The second kappa shape index (κ2) is 6.89. The van der Waals surface area contributed by atoms with E-state index in [2.05, 4.69) is 5.32 Å². The second-order valence-corrected chi connectivity index (χ2v) is 4.76. The SMILES string of the molecule is CCOc1cccc(C(C)Nc2cccc(F)c2[N+](=O)[O-])c1. The number of nitrogens with zero attached hydrogens (tertiary/aromatic N) is 1. The number of nitro benzene ring substituents is 1. The summed E-state index contributed by atoms with van der Waals surface area (Å²) in [5, 5.41) is 14.0. The predicted octanol–water partition coefficient (Wildman–Crippen LogP) is 4.31. The number of rotatable bonds is 6. The third-order valence-electron chi connectivity index (χ3n) is 3.21. The first-order valence-corrected chi connectivity index (χ1v) is 6.95. The van der Waals surface area contributed by atoms with Crippen LogP contribution in [-0.4, -0.2) is 11.5 Å². The van der Waals surface area contributed by atoms with E-state index in [0.29, 0.717) is 6.61 Å². The van der Waals surface area contributed by atoms with Gasteiger partial charge >= 0.3 is 5.69 Å². The largest absolute Gasteiger partial charge is 0.494 e. The van der Waals surface area contributed by atoms with Gasteiger partial charge in [-0.2, -0.15) is 4.39 Å². The van der Waals surface area contributed by atoms with E-state index in [1.807, 2.05) is 38.1 Å². The molecule has 0 amide bonds. The number of ether oxygens (including phenoxy) is 1. The average Bonchev–Trinajstić information content (AvgIpc) is 2.47. The fourth-order valence-electron chi connectivity index (χ4n) is 2.17. The van der Waals surface area contributed by atoms with Crippen LogP contribution in [0.2, 0.25) is 0 Å². The molecule has 0 saturated heterocycles. The van der Waals surface area contributed by atoms with Crippen molar-refractivity contribution in [2.24, 2.45) is 0 Å². The molecule has 116 valence electrons. The van der Waals surface area contributed by atoms with Gasteiger partial charge in [0.15, 0.2) is 0 Å². The van der Waals surface area contributed by atoms with Crippen LogP contribution >= 0.6 is 0 Å². The fourth-order valence-corrected chi connectivity index (χ4v) is 2.17. The molecule has 5 nitrogen and oxygen atoms in total. The number of nitro groups is 1. The molecule has 1 N–H and O–H groups in total. The average molecular weight is 304 g/mol. The highest BCUT2D eigenvalue weighted by molar-refractivity contribution is 5.62. The molecule has 6 heteroatoms. The van der Waals surface area contributed by atoms with Gasteiger partial charge in [0.1, 0.15) is 11.4 Å². The highest BCUT2D eigenvalue weighted by atomic mass is 19.1. The molecule has 0 radical (unpaired) electrons. The van der Waals surface area contributed by atoms with Crippen LogP contribution < -0.4 is 10.1 Å². The molecule has 0 aliphatic heterocycles. The van der Waals surface area contributed by atoms with E-state index in [0.717, 1.165) is 17.4 Å². The van der Waals surface area contributed by atoms with Crippen LogP contribution in [0.4, 0.5) is 15.8 Å². The van der Waals surface area contributed by atoms with Crippen molar-refractivity contribution >= 4 is 11.4 Å². The number of halogens is 1. The van der Waals surface area contributed by atoms with E-state index in [1.54, 1.807) is 0 Å². The molecule has 1 atom stereocenters. The maximum Gasteiger partial charge on any atom is 0.327 e. The fraction of sp³-hybridized carbons (Fsp3) is 0.250. The first kappa shape index (κ1) is 15.8. The highest BCUT2D eigenvalue weighted by Crippen LogP contribution is 2.31. The summed E-state index contributed by atoms with van der Waals surface area (Å²) in [6, 6.07) is 11.2. The van der Waals surface area contributed by atoms with Gasteiger partial charge in [0.05, 0.1) is 11.5 Å². The number of anilines is 1. The molecule has 0 aromatic heterocycles. The first-order chi connectivity index (χ1) is 10.5. The van der Waals surface area contributed by atoms with Crippen LogP contribution in [0.3, 0.4) is 0 Å². The van der Waals surface area contributed by atoms with Gasteiger partial charge in [0, 0.05) is 6.04 Å². The van der Waals surface area contributed by atoms with Gasteiger partial charge in [-0.3, -0.25) is 10.1 Å². The first-order valence-electron chi connectivity index (χ1n) is 6.95. The van der Waals surface area contributed by atoms with Crippen molar-refractivity contribution in [3.05, 3.63) is 64.0 Å². The second-order valence-electron chi connectivity index (χ2n) is 4.76. The van der Waals surface area contributed by atoms with E-state index in [-0.39, 0.29) is 11.7 Å². The Kier molecular flexibility index (Phi) is 4.93. The standard InChI is InChI=1S/C16H17FN2O3/c1-3-22-13-7-4-6-12(10-13)11(2)18-15-9-5-8-14(17)16(15)19(20)21/h4-11,18H,3H2,1-2H3. The molecule has 1 unspecified atom stereocenters. The third-order valence-corrected chi connectivity index (χ3v) is 3.21. The smallest absolute Gasteiger partial charge is 0.327 e. The normalized spacial score (nSPS) is 11.8. The van der Waals surface area contributed by atoms with Crippen molar-refractivity contribution in [2.75, 3.05) is 11.9 Å². The molecule has 2 aromatic carbocycles. The Morgan fingerprint density at radius 2 is 2.05 bits per heavy atom. The lowest BCUT2D eigenvalue weighted by Gasteiger charge is -2.16. The summed E-state index contributed by atoms with van der Waals surface area (Å²) >= 11 is 0. The van der Waals surface area contributed by atoms with Crippen molar-refractivity contribution in [2.45, 2.75) is 19.9 Å². The van der Waals surface area contributed by atoms with Crippen LogP contribution in [0.1, 0.15) is 25.5 Å². The monoisotopic (exact) mass is 304 g/mol. The molecule has 22 heavy (non-hydrogen) atoms. The molecule has 0 fully saturated rings. The van der Waals surface area contributed by atoms with E-state index in [9.17, 15) is 14.5 Å². The van der Waals surface area contributed by atoms with Gasteiger partial charge < -0.3 is 10.1 Å². The Morgan fingerprint density at radius 3 is 2.73 bits per heavy atom. The molecule has 0 bridgehead atoms. The zero-order chi connectivity index (χ0) is 16.1. The Labute approximate surface area is 127 Å². The van der Waals surface area contributed by atoms with E-state index in [4.69, 9.17) is 4.74 Å².